The molecule has 4 rings (SSSR count). The van der Waals surface area contributed by atoms with Gasteiger partial charge in [0.2, 0.25) is 0 Å². The number of aryl methyl sites for hydroxylation is 2. The molecule has 0 saturated carbocycles. The summed E-state index contributed by atoms with van der Waals surface area (Å²) in [6.07, 6.45) is 3.42. The van der Waals surface area contributed by atoms with Crippen molar-refractivity contribution >= 4 is 15.7 Å². The molecular weight excluding hydrogens is 442 g/mol. The standard InChI is InChI=1S/C24H27N3O5S/c1-15-9-10-16(23-18-7-5-6-8-19(18)24(28)27(2)25-23)13-22(15)33(29,30)26-17-11-12-20(31-3)21(14-17)32-4/h9-14,26H,5-8H2,1-4H3. The van der Waals surface area contributed by atoms with Gasteiger partial charge in [-0.3, -0.25) is 9.52 Å². The number of sulfonamides is 1. The Morgan fingerprint density at radius 1 is 0.970 bits per heavy atom. The molecule has 3 aromatic rings. The van der Waals surface area contributed by atoms with Gasteiger partial charge in [0.05, 0.1) is 30.5 Å². The Labute approximate surface area is 193 Å². The maximum atomic E-state index is 13.3. The second-order valence-corrected chi connectivity index (χ2v) is 9.75. The number of nitrogens with one attached hydrogen (secondary N) is 1. The van der Waals surface area contributed by atoms with Gasteiger partial charge in [0.15, 0.2) is 11.5 Å². The fourth-order valence-electron chi connectivity index (χ4n) is 4.23. The molecule has 0 fully saturated rings. The second-order valence-electron chi connectivity index (χ2n) is 8.10. The van der Waals surface area contributed by atoms with Crippen LogP contribution in [0, 0.1) is 6.92 Å². The first-order valence-corrected chi connectivity index (χ1v) is 12.2. The van der Waals surface area contributed by atoms with Gasteiger partial charge in [-0.2, -0.15) is 5.10 Å². The second kappa shape index (κ2) is 8.90. The lowest BCUT2D eigenvalue weighted by atomic mass is 9.89. The molecule has 1 aliphatic rings. The number of methoxy groups -OCH3 is 2. The minimum atomic E-state index is -3.90. The molecule has 0 bridgehead atoms. The van der Waals surface area contributed by atoms with Crippen LogP contribution in [0.15, 0.2) is 46.1 Å². The number of anilines is 1. The van der Waals surface area contributed by atoms with Crippen LogP contribution < -0.4 is 19.8 Å². The van der Waals surface area contributed by atoms with Gasteiger partial charge < -0.3 is 9.47 Å². The van der Waals surface area contributed by atoms with Gasteiger partial charge >= 0.3 is 0 Å². The summed E-state index contributed by atoms with van der Waals surface area (Å²) >= 11 is 0. The molecule has 0 saturated heterocycles. The van der Waals surface area contributed by atoms with Crippen molar-refractivity contribution in [2.75, 3.05) is 18.9 Å². The number of hydrogen-bond donors (Lipinski definition) is 1. The van der Waals surface area contributed by atoms with Crippen molar-refractivity contribution in [3.05, 3.63) is 63.4 Å². The van der Waals surface area contributed by atoms with Crippen molar-refractivity contribution in [1.29, 1.82) is 0 Å². The zero-order valence-corrected chi connectivity index (χ0v) is 20.0. The summed E-state index contributed by atoms with van der Waals surface area (Å²) in [7, 11) is 0.736. The molecule has 33 heavy (non-hydrogen) atoms. The monoisotopic (exact) mass is 469 g/mol. The molecule has 0 unspecified atom stereocenters. The lowest BCUT2D eigenvalue weighted by Crippen LogP contribution is -2.28. The maximum absolute atomic E-state index is 13.3. The summed E-state index contributed by atoms with van der Waals surface area (Å²) < 4.78 is 41.1. The maximum Gasteiger partial charge on any atom is 0.269 e. The summed E-state index contributed by atoms with van der Waals surface area (Å²) in [5.74, 6) is 0.924. The molecule has 1 heterocycles. The van der Waals surface area contributed by atoms with Crippen molar-refractivity contribution < 1.29 is 17.9 Å². The summed E-state index contributed by atoms with van der Waals surface area (Å²) in [5.41, 5.74) is 3.91. The topological polar surface area (TPSA) is 99.5 Å². The molecule has 1 aromatic heterocycles. The Balaban J connectivity index is 1.77. The normalized spacial score (nSPS) is 13.3. The van der Waals surface area contributed by atoms with E-state index in [1.807, 2.05) is 6.07 Å². The first kappa shape index (κ1) is 22.8. The van der Waals surface area contributed by atoms with Gasteiger partial charge in [0.1, 0.15) is 0 Å². The summed E-state index contributed by atoms with van der Waals surface area (Å²) in [6.45, 7) is 1.75. The van der Waals surface area contributed by atoms with Crippen LogP contribution >= 0.6 is 0 Å². The molecule has 1 N–H and O–H groups in total. The average Bonchev–Trinajstić information content (AvgIpc) is 2.81. The fourth-order valence-corrected chi connectivity index (χ4v) is 5.55. The van der Waals surface area contributed by atoms with E-state index in [9.17, 15) is 13.2 Å². The summed E-state index contributed by atoms with van der Waals surface area (Å²) in [5, 5.41) is 4.49. The third-order valence-electron chi connectivity index (χ3n) is 5.94. The molecule has 1 aliphatic carbocycles. The highest BCUT2D eigenvalue weighted by molar-refractivity contribution is 7.92. The van der Waals surface area contributed by atoms with Crippen LogP contribution in [-0.2, 0) is 29.9 Å². The van der Waals surface area contributed by atoms with E-state index in [0.717, 1.165) is 36.8 Å². The van der Waals surface area contributed by atoms with E-state index in [-0.39, 0.29) is 10.5 Å². The fraction of sp³-hybridized carbons (Fsp3) is 0.333. The van der Waals surface area contributed by atoms with Crippen molar-refractivity contribution in [2.45, 2.75) is 37.5 Å². The zero-order chi connectivity index (χ0) is 23.8. The van der Waals surface area contributed by atoms with Gasteiger partial charge in [-0.05, 0) is 61.9 Å². The highest BCUT2D eigenvalue weighted by atomic mass is 32.2. The Kier molecular flexibility index (Phi) is 6.16. The predicted molar refractivity (Wildman–Crippen MR) is 127 cm³/mol. The van der Waals surface area contributed by atoms with Gasteiger partial charge in [-0.25, -0.2) is 13.1 Å². The Bertz CT molecular complexity index is 1380. The largest absolute Gasteiger partial charge is 0.493 e. The van der Waals surface area contributed by atoms with Crippen LogP contribution in [0.5, 0.6) is 11.5 Å². The molecular formula is C24H27N3O5S. The van der Waals surface area contributed by atoms with Gasteiger partial charge in [-0.15, -0.1) is 0 Å². The molecule has 0 amide bonds. The molecule has 0 atom stereocenters. The van der Waals surface area contributed by atoms with E-state index >= 15 is 0 Å². The van der Waals surface area contributed by atoms with Crippen LogP contribution in [0.4, 0.5) is 5.69 Å². The van der Waals surface area contributed by atoms with Crippen LogP contribution in [0.25, 0.3) is 11.3 Å². The van der Waals surface area contributed by atoms with Crippen molar-refractivity contribution in [1.82, 2.24) is 9.78 Å². The van der Waals surface area contributed by atoms with Gasteiger partial charge in [0, 0.05) is 24.2 Å². The molecule has 0 radical (unpaired) electrons. The third-order valence-corrected chi connectivity index (χ3v) is 7.47. The first-order valence-electron chi connectivity index (χ1n) is 10.7. The van der Waals surface area contributed by atoms with E-state index in [1.165, 1.54) is 18.9 Å². The zero-order valence-electron chi connectivity index (χ0n) is 19.1. The molecule has 8 nitrogen and oxygen atoms in total. The third kappa shape index (κ3) is 4.32. The minimum absolute atomic E-state index is 0.0801. The lowest BCUT2D eigenvalue weighted by molar-refractivity contribution is 0.355. The number of nitrogens with zero attached hydrogens (tertiary/aromatic N) is 2. The first-order chi connectivity index (χ1) is 15.7. The van der Waals surface area contributed by atoms with E-state index in [2.05, 4.69) is 9.82 Å². The smallest absolute Gasteiger partial charge is 0.269 e. The quantitative estimate of drug-likeness (QED) is 0.594. The minimum Gasteiger partial charge on any atom is -0.493 e. The number of aromatic nitrogens is 2. The Morgan fingerprint density at radius 3 is 2.36 bits per heavy atom. The molecule has 0 aliphatic heterocycles. The number of fused-ring (bicyclic) bond motifs is 1. The lowest BCUT2D eigenvalue weighted by Gasteiger charge is -2.20. The highest BCUT2D eigenvalue weighted by Crippen LogP contribution is 2.33. The average molecular weight is 470 g/mol. The number of ether oxygens (including phenoxy) is 2. The molecule has 0 spiro atoms. The number of benzene rings is 2. The summed E-state index contributed by atoms with van der Waals surface area (Å²) in [4.78, 5) is 12.7. The molecule has 9 heteroatoms. The number of hydrogen-bond acceptors (Lipinski definition) is 6. The Hall–Kier alpha value is -3.33. The predicted octanol–water partition coefficient (Wildman–Crippen LogP) is 3.45. The van der Waals surface area contributed by atoms with Crippen molar-refractivity contribution in [3.8, 4) is 22.8 Å². The van der Waals surface area contributed by atoms with E-state index < -0.39 is 10.0 Å². The number of rotatable bonds is 6. The molecule has 174 valence electrons. The van der Waals surface area contributed by atoms with E-state index in [1.54, 1.807) is 44.3 Å². The van der Waals surface area contributed by atoms with Crippen LogP contribution in [0.2, 0.25) is 0 Å². The Morgan fingerprint density at radius 2 is 1.67 bits per heavy atom. The highest BCUT2D eigenvalue weighted by Gasteiger charge is 2.23. The summed E-state index contributed by atoms with van der Waals surface area (Å²) in [6, 6.07) is 10.1. The SMILES string of the molecule is COc1ccc(NS(=O)(=O)c2cc(-c3nn(C)c(=O)c4c3CCCC4)ccc2C)cc1OC. The van der Waals surface area contributed by atoms with Crippen LogP contribution in [-0.4, -0.2) is 32.4 Å². The van der Waals surface area contributed by atoms with Crippen LogP contribution in [0.1, 0.15) is 29.5 Å². The molecule has 2 aromatic carbocycles. The van der Waals surface area contributed by atoms with E-state index in [0.29, 0.717) is 34.0 Å². The van der Waals surface area contributed by atoms with Gasteiger partial charge in [0.25, 0.3) is 15.6 Å². The van der Waals surface area contributed by atoms with E-state index in [4.69, 9.17) is 9.47 Å². The van der Waals surface area contributed by atoms with Crippen LogP contribution in [0.3, 0.4) is 0 Å². The van der Waals surface area contributed by atoms with Crippen molar-refractivity contribution in [2.24, 2.45) is 7.05 Å². The van der Waals surface area contributed by atoms with Crippen molar-refractivity contribution in [3.63, 3.8) is 0 Å². The van der Waals surface area contributed by atoms with Gasteiger partial charge in [-0.1, -0.05) is 12.1 Å².